The minimum Gasteiger partial charge on any atom is -0.354 e. The molecule has 0 unspecified atom stereocenters. The summed E-state index contributed by atoms with van der Waals surface area (Å²) in [5, 5.41) is 8.24. The predicted molar refractivity (Wildman–Crippen MR) is 81.6 cm³/mol. The molecular formula is C13H15N5O2S. The molecule has 1 aliphatic heterocycles. The highest BCUT2D eigenvalue weighted by Gasteiger charge is 2.25. The average molecular weight is 305 g/mol. The smallest absolute Gasteiger partial charge is 0.246 e. The van der Waals surface area contributed by atoms with E-state index in [1.807, 2.05) is 11.4 Å². The van der Waals surface area contributed by atoms with Crippen LogP contribution in [-0.4, -0.2) is 41.4 Å². The number of hydrogen-bond acceptors (Lipinski definition) is 7. The quantitative estimate of drug-likeness (QED) is 0.819. The summed E-state index contributed by atoms with van der Waals surface area (Å²) >= 11 is 1.51. The number of amides is 2. The number of thiophene rings is 1. The number of aromatic nitrogens is 2. The fourth-order valence-corrected chi connectivity index (χ4v) is 2.94. The Morgan fingerprint density at radius 2 is 2.10 bits per heavy atom. The SMILES string of the molecule is CCCNc1nc(N2CC(=O)NC(=O)C2)c2ccsc2n1. The zero-order chi connectivity index (χ0) is 14.8. The van der Waals surface area contributed by atoms with Crippen LogP contribution in [-0.2, 0) is 9.59 Å². The van der Waals surface area contributed by atoms with Crippen LogP contribution in [0, 0.1) is 0 Å². The second kappa shape index (κ2) is 5.65. The maximum Gasteiger partial charge on any atom is 0.246 e. The van der Waals surface area contributed by atoms with E-state index in [1.165, 1.54) is 11.3 Å². The normalized spacial score (nSPS) is 15.4. The topological polar surface area (TPSA) is 87.2 Å². The summed E-state index contributed by atoms with van der Waals surface area (Å²) in [6.45, 7) is 3.09. The molecule has 0 atom stereocenters. The molecule has 1 aliphatic rings. The molecule has 0 aliphatic carbocycles. The molecule has 1 saturated heterocycles. The molecule has 21 heavy (non-hydrogen) atoms. The minimum absolute atomic E-state index is 0.126. The van der Waals surface area contributed by atoms with E-state index >= 15 is 0 Å². The van der Waals surface area contributed by atoms with Gasteiger partial charge >= 0.3 is 0 Å². The number of imide groups is 1. The number of anilines is 2. The van der Waals surface area contributed by atoms with Gasteiger partial charge in [0.25, 0.3) is 0 Å². The van der Waals surface area contributed by atoms with Crippen LogP contribution in [0.3, 0.4) is 0 Å². The summed E-state index contributed by atoms with van der Waals surface area (Å²) in [4.78, 5) is 34.6. The van der Waals surface area contributed by atoms with Gasteiger partial charge in [0.2, 0.25) is 17.8 Å². The number of nitrogens with zero attached hydrogens (tertiary/aromatic N) is 3. The van der Waals surface area contributed by atoms with E-state index in [0.29, 0.717) is 11.8 Å². The lowest BCUT2D eigenvalue weighted by Crippen LogP contribution is -2.51. The van der Waals surface area contributed by atoms with Gasteiger partial charge in [0.05, 0.1) is 18.5 Å². The monoisotopic (exact) mass is 305 g/mol. The van der Waals surface area contributed by atoms with E-state index in [2.05, 4.69) is 27.5 Å². The Bertz CT molecular complexity index is 683. The first-order valence-electron chi connectivity index (χ1n) is 6.74. The molecule has 2 amide bonds. The molecule has 110 valence electrons. The highest BCUT2D eigenvalue weighted by atomic mass is 32.1. The van der Waals surface area contributed by atoms with Crippen molar-refractivity contribution in [1.29, 1.82) is 0 Å². The van der Waals surface area contributed by atoms with Gasteiger partial charge in [0.15, 0.2) is 0 Å². The van der Waals surface area contributed by atoms with Crippen LogP contribution in [0.15, 0.2) is 11.4 Å². The van der Waals surface area contributed by atoms with Crippen LogP contribution < -0.4 is 15.5 Å². The van der Waals surface area contributed by atoms with E-state index < -0.39 is 0 Å². The molecule has 3 heterocycles. The number of hydrogen-bond donors (Lipinski definition) is 2. The van der Waals surface area contributed by atoms with Crippen LogP contribution in [0.1, 0.15) is 13.3 Å². The van der Waals surface area contributed by atoms with Crippen molar-refractivity contribution in [3.05, 3.63) is 11.4 Å². The second-order valence-corrected chi connectivity index (χ2v) is 5.66. The summed E-state index contributed by atoms with van der Waals surface area (Å²) in [5.74, 6) is 0.538. The highest BCUT2D eigenvalue weighted by molar-refractivity contribution is 7.16. The summed E-state index contributed by atoms with van der Waals surface area (Å²) < 4.78 is 0. The average Bonchev–Trinajstić information content (AvgIpc) is 2.91. The number of nitrogens with one attached hydrogen (secondary N) is 2. The van der Waals surface area contributed by atoms with Crippen molar-refractivity contribution in [1.82, 2.24) is 15.3 Å². The van der Waals surface area contributed by atoms with Crippen molar-refractivity contribution in [3.63, 3.8) is 0 Å². The van der Waals surface area contributed by atoms with E-state index in [9.17, 15) is 9.59 Å². The van der Waals surface area contributed by atoms with Crippen molar-refractivity contribution in [3.8, 4) is 0 Å². The first-order valence-corrected chi connectivity index (χ1v) is 7.62. The molecule has 3 rings (SSSR count). The summed E-state index contributed by atoms with van der Waals surface area (Å²) in [7, 11) is 0. The Labute approximate surface area is 125 Å². The molecule has 0 spiro atoms. The van der Waals surface area contributed by atoms with Crippen molar-refractivity contribution < 1.29 is 9.59 Å². The molecule has 2 aromatic heterocycles. The number of piperazine rings is 1. The minimum atomic E-state index is -0.309. The first kappa shape index (κ1) is 13.7. The van der Waals surface area contributed by atoms with Crippen LogP contribution in [0.25, 0.3) is 10.2 Å². The number of fused-ring (bicyclic) bond motifs is 1. The van der Waals surface area contributed by atoms with Gasteiger partial charge in [-0.25, -0.2) is 4.98 Å². The zero-order valence-corrected chi connectivity index (χ0v) is 12.4. The maximum absolute atomic E-state index is 11.6. The van der Waals surface area contributed by atoms with Crippen molar-refractivity contribution >= 4 is 45.1 Å². The second-order valence-electron chi connectivity index (χ2n) is 4.76. The number of rotatable bonds is 4. The van der Waals surface area contributed by atoms with Gasteiger partial charge in [-0.3, -0.25) is 14.9 Å². The molecule has 2 N–H and O–H groups in total. The van der Waals surface area contributed by atoms with Crippen molar-refractivity contribution in [2.45, 2.75) is 13.3 Å². The molecule has 8 heteroatoms. The third kappa shape index (κ3) is 2.80. The van der Waals surface area contributed by atoms with Gasteiger partial charge in [-0.05, 0) is 17.9 Å². The summed E-state index contributed by atoms with van der Waals surface area (Å²) in [6.07, 6.45) is 0.964. The highest BCUT2D eigenvalue weighted by Crippen LogP contribution is 2.29. The van der Waals surface area contributed by atoms with Crippen molar-refractivity contribution in [2.24, 2.45) is 0 Å². The Morgan fingerprint density at radius 3 is 2.81 bits per heavy atom. The lowest BCUT2D eigenvalue weighted by atomic mass is 10.3. The molecule has 7 nitrogen and oxygen atoms in total. The molecule has 1 fully saturated rings. The third-order valence-electron chi connectivity index (χ3n) is 3.09. The van der Waals surface area contributed by atoms with Crippen LogP contribution >= 0.6 is 11.3 Å². The number of carbonyl (C=O) groups is 2. The lowest BCUT2D eigenvalue weighted by molar-refractivity contribution is -0.130. The van der Waals surface area contributed by atoms with Crippen molar-refractivity contribution in [2.75, 3.05) is 29.9 Å². The maximum atomic E-state index is 11.6. The first-order chi connectivity index (χ1) is 10.2. The summed E-state index contributed by atoms with van der Waals surface area (Å²) in [6, 6.07) is 1.91. The van der Waals surface area contributed by atoms with Gasteiger partial charge in [0.1, 0.15) is 10.6 Å². The van der Waals surface area contributed by atoms with E-state index in [-0.39, 0.29) is 24.9 Å². The van der Waals surface area contributed by atoms with E-state index in [0.717, 1.165) is 23.2 Å². The fourth-order valence-electron chi connectivity index (χ4n) is 2.18. The third-order valence-corrected chi connectivity index (χ3v) is 3.89. The molecule has 0 bridgehead atoms. The van der Waals surface area contributed by atoms with Crippen LogP contribution in [0.2, 0.25) is 0 Å². The van der Waals surface area contributed by atoms with Gasteiger partial charge in [0, 0.05) is 6.54 Å². The Kier molecular flexibility index (Phi) is 3.70. The molecular weight excluding hydrogens is 290 g/mol. The molecule has 2 aromatic rings. The summed E-state index contributed by atoms with van der Waals surface area (Å²) in [5.41, 5.74) is 0. The Balaban J connectivity index is 2.00. The largest absolute Gasteiger partial charge is 0.354 e. The van der Waals surface area contributed by atoms with Gasteiger partial charge in [-0.2, -0.15) is 4.98 Å². The van der Waals surface area contributed by atoms with Gasteiger partial charge in [-0.1, -0.05) is 6.92 Å². The van der Waals surface area contributed by atoms with Crippen LogP contribution in [0.5, 0.6) is 0 Å². The zero-order valence-electron chi connectivity index (χ0n) is 11.5. The van der Waals surface area contributed by atoms with E-state index in [1.54, 1.807) is 4.90 Å². The fraction of sp³-hybridized carbons (Fsp3) is 0.385. The number of carbonyl (C=O) groups excluding carboxylic acids is 2. The Morgan fingerprint density at radius 1 is 1.33 bits per heavy atom. The molecule has 0 saturated carbocycles. The van der Waals surface area contributed by atoms with E-state index in [4.69, 9.17) is 0 Å². The molecule has 0 aromatic carbocycles. The Hall–Kier alpha value is -2.22. The predicted octanol–water partition coefficient (Wildman–Crippen LogP) is 0.976. The lowest BCUT2D eigenvalue weighted by Gasteiger charge is -2.27. The van der Waals surface area contributed by atoms with Gasteiger partial charge < -0.3 is 10.2 Å². The molecule has 0 radical (unpaired) electrons. The van der Waals surface area contributed by atoms with Gasteiger partial charge in [-0.15, -0.1) is 11.3 Å². The standard InChI is InChI=1S/C13H15N5O2S/c1-2-4-14-13-16-11(8-3-5-21-12(8)17-13)18-6-9(19)15-10(20)7-18/h3,5H,2,4,6-7H2,1H3,(H,14,16,17)(H,15,19,20). The van der Waals surface area contributed by atoms with Crippen LogP contribution in [0.4, 0.5) is 11.8 Å².